The van der Waals surface area contributed by atoms with E-state index >= 15 is 0 Å². The van der Waals surface area contributed by atoms with Crippen molar-refractivity contribution in [3.8, 4) is 22.3 Å². The number of hydrogen-bond acceptors (Lipinski definition) is 0. The molecule has 7 rings (SSSR count). The summed E-state index contributed by atoms with van der Waals surface area (Å²) in [4.78, 5) is 0. The number of aryl methyl sites for hydroxylation is 1. The van der Waals surface area contributed by atoms with Crippen molar-refractivity contribution in [2.75, 3.05) is 0 Å². The minimum atomic E-state index is 1.03. The van der Waals surface area contributed by atoms with E-state index in [1.165, 1.54) is 71.6 Å². The van der Waals surface area contributed by atoms with Gasteiger partial charge in [0.15, 0.2) is 0 Å². The van der Waals surface area contributed by atoms with Crippen LogP contribution >= 0.6 is 0 Å². The molecule has 0 heterocycles. The SMILES string of the molecule is Cc1ccc2c3c(c4ccccc4c2c1)-c1c(ccc2c1-c1ccccc1C2)C3. The molecule has 0 N–H and O–H groups in total. The number of benzene rings is 5. The average molecular weight is 368 g/mol. The second-order valence-corrected chi connectivity index (χ2v) is 8.59. The molecular formula is C29H20. The van der Waals surface area contributed by atoms with Crippen molar-refractivity contribution in [1.29, 1.82) is 0 Å². The predicted molar refractivity (Wildman–Crippen MR) is 123 cm³/mol. The van der Waals surface area contributed by atoms with Gasteiger partial charge in [-0.2, -0.15) is 0 Å². The highest BCUT2D eigenvalue weighted by molar-refractivity contribution is 6.19. The molecule has 0 bridgehead atoms. The lowest BCUT2D eigenvalue weighted by atomic mass is 9.88. The van der Waals surface area contributed by atoms with Gasteiger partial charge in [-0.15, -0.1) is 0 Å². The van der Waals surface area contributed by atoms with Crippen LogP contribution in [-0.4, -0.2) is 0 Å². The van der Waals surface area contributed by atoms with Crippen LogP contribution in [0.1, 0.15) is 27.8 Å². The Labute approximate surface area is 170 Å². The quantitative estimate of drug-likeness (QED) is 0.244. The van der Waals surface area contributed by atoms with Gasteiger partial charge in [0.05, 0.1) is 0 Å². The highest BCUT2D eigenvalue weighted by atomic mass is 14.3. The first-order chi connectivity index (χ1) is 14.3. The summed E-state index contributed by atoms with van der Waals surface area (Å²) in [5.41, 5.74) is 13.1. The van der Waals surface area contributed by atoms with Gasteiger partial charge in [0, 0.05) is 0 Å². The van der Waals surface area contributed by atoms with E-state index < -0.39 is 0 Å². The third-order valence-corrected chi connectivity index (χ3v) is 6.95. The fraction of sp³-hybridized carbons (Fsp3) is 0.103. The molecule has 0 aliphatic heterocycles. The van der Waals surface area contributed by atoms with E-state index in [1.54, 1.807) is 0 Å². The number of hydrogen-bond donors (Lipinski definition) is 0. The maximum Gasteiger partial charge on any atom is -0.000682 e. The van der Waals surface area contributed by atoms with Gasteiger partial charge in [-0.3, -0.25) is 0 Å². The van der Waals surface area contributed by atoms with Crippen molar-refractivity contribution < 1.29 is 0 Å². The van der Waals surface area contributed by atoms with Crippen molar-refractivity contribution in [3.63, 3.8) is 0 Å². The Morgan fingerprint density at radius 3 is 2.17 bits per heavy atom. The molecule has 0 spiro atoms. The van der Waals surface area contributed by atoms with Gasteiger partial charge in [-0.25, -0.2) is 0 Å². The summed E-state index contributed by atoms with van der Waals surface area (Å²) in [6.45, 7) is 2.19. The lowest BCUT2D eigenvalue weighted by molar-refractivity contribution is 1.24. The second kappa shape index (κ2) is 5.36. The van der Waals surface area contributed by atoms with E-state index in [0.29, 0.717) is 0 Å². The largest absolute Gasteiger partial charge is 0.0619 e. The van der Waals surface area contributed by atoms with Crippen molar-refractivity contribution in [2.24, 2.45) is 0 Å². The molecule has 0 saturated carbocycles. The van der Waals surface area contributed by atoms with Crippen LogP contribution in [0, 0.1) is 6.92 Å². The lowest BCUT2D eigenvalue weighted by Gasteiger charge is -2.15. The average Bonchev–Trinajstić information content (AvgIpc) is 3.32. The Kier molecular flexibility index (Phi) is 2.87. The molecule has 0 unspecified atom stereocenters. The standard InChI is InChI=1S/C29H20/c1-17-10-13-23-25(14-17)22-8-4-5-9-24(22)29-26(23)16-20-12-11-19-15-18-6-2-3-7-21(18)27(19)28(20)29/h2-14H,15-16H2,1H3. The molecule has 2 aliphatic rings. The molecule has 0 atom stereocenters. The maximum absolute atomic E-state index is 2.38. The highest BCUT2D eigenvalue weighted by Gasteiger charge is 2.31. The second-order valence-electron chi connectivity index (χ2n) is 8.59. The normalized spacial score (nSPS) is 13.4. The van der Waals surface area contributed by atoms with Crippen LogP contribution in [0.4, 0.5) is 0 Å². The van der Waals surface area contributed by atoms with E-state index in [1.807, 2.05) is 0 Å². The minimum absolute atomic E-state index is 1.03. The summed E-state index contributed by atoms with van der Waals surface area (Å²) in [5.74, 6) is 0. The van der Waals surface area contributed by atoms with Gasteiger partial charge in [0.2, 0.25) is 0 Å². The fourth-order valence-corrected chi connectivity index (χ4v) is 5.74. The molecule has 0 heteroatoms. The Bertz CT molecular complexity index is 1500. The van der Waals surface area contributed by atoms with E-state index in [0.717, 1.165) is 12.8 Å². The summed E-state index contributed by atoms with van der Waals surface area (Å²) in [7, 11) is 0. The van der Waals surface area contributed by atoms with Crippen LogP contribution in [0.3, 0.4) is 0 Å². The van der Waals surface area contributed by atoms with Gasteiger partial charge in [-0.05, 0) is 85.8 Å². The van der Waals surface area contributed by atoms with Crippen LogP contribution in [0.25, 0.3) is 43.8 Å². The summed E-state index contributed by atoms with van der Waals surface area (Å²) in [5, 5.41) is 5.59. The third kappa shape index (κ3) is 1.94. The molecule has 0 amide bonds. The summed E-state index contributed by atoms with van der Waals surface area (Å²) < 4.78 is 0. The molecule has 5 aromatic carbocycles. The molecule has 0 saturated heterocycles. The zero-order valence-corrected chi connectivity index (χ0v) is 16.4. The van der Waals surface area contributed by atoms with Crippen molar-refractivity contribution in [1.82, 2.24) is 0 Å². The third-order valence-electron chi connectivity index (χ3n) is 6.95. The molecule has 136 valence electrons. The Morgan fingerprint density at radius 2 is 1.28 bits per heavy atom. The van der Waals surface area contributed by atoms with Gasteiger partial charge in [0.1, 0.15) is 0 Å². The molecule has 5 aromatic rings. The zero-order valence-electron chi connectivity index (χ0n) is 16.4. The van der Waals surface area contributed by atoms with Crippen molar-refractivity contribution >= 4 is 21.5 Å². The summed E-state index contributed by atoms with van der Waals surface area (Å²) in [6, 6.07) is 29.7. The van der Waals surface area contributed by atoms with Crippen LogP contribution < -0.4 is 0 Å². The minimum Gasteiger partial charge on any atom is -0.0619 e. The first-order valence-electron chi connectivity index (χ1n) is 10.5. The van der Waals surface area contributed by atoms with Gasteiger partial charge < -0.3 is 0 Å². The molecular weight excluding hydrogens is 348 g/mol. The fourth-order valence-electron chi connectivity index (χ4n) is 5.74. The van der Waals surface area contributed by atoms with Crippen LogP contribution in [-0.2, 0) is 12.8 Å². The topological polar surface area (TPSA) is 0 Å². The van der Waals surface area contributed by atoms with Crippen LogP contribution in [0.15, 0.2) is 78.9 Å². The zero-order chi connectivity index (χ0) is 19.1. The van der Waals surface area contributed by atoms with Gasteiger partial charge >= 0.3 is 0 Å². The molecule has 29 heavy (non-hydrogen) atoms. The maximum atomic E-state index is 2.38. The van der Waals surface area contributed by atoms with Gasteiger partial charge in [0.25, 0.3) is 0 Å². The van der Waals surface area contributed by atoms with Crippen molar-refractivity contribution in [2.45, 2.75) is 19.8 Å². The summed E-state index contributed by atoms with van der Waals surface area (Å²) >= 11 is 0. The highest BCUT2D eigenvalue weighted by Crippen LogP contribution is 2.53. The molecule has 0 radical (unpaired) electrons. The predicted octanol–water partition coefficient (Wildman–Crippen LogP) is 7.44. The smallest absolute Gasteiger partial charge is 0.000682 e. The van der Waals surface area contributed by atoms with E-state index in [9.17, 15) is 0 Å². The molecule has 2 aliphatic carbocycles. The van der Waals surface area contributed by atoms with E-state index in [4.69, 9.17) is 0 Å². The summed E-state index contributed by atoms with van der Waals surface area (Å²) in [6.07, 6.45) is 2.09. The number of rotatable bonds is 0. The van der Waals surface area contributed by atoms with E-state index in [2.05, 4.69) is 85.8 Å². The molecule has 0 fully saturated rings. The molecule has 0 aromatic heterocycles. The Morgan fingerprint density at radius 1 is 0.517 bits per heavy atom. The first kappa shape index (κ1) is 15.5. The Balaban J connectivity index is 1.68. The first-order valence-corrected chi connectivity index (χ1v) is 10.5. The van der Waals surface area contributed by atoms with Crippen LogP contribution in [0.5, 0.6) is 0 Å². The Hall–Kier alpha value is -3.38. The van der Waals surface area contributed by atoms with Crippen LogP contribution in [0.2, 0.25) is 0 Å². The van der Waals surface area contributed by atoms with E-state index in [-0.39, 0.29) is 0 Å². The van der Waals surface area contributed by atoms with Gasteiger partial charge in [-0.1, -0.05) is 84.4 Å². The lowest BCUT2D eigenvalue weighted by Crippen LogP contribution is -1.90. The molecule has 0 nitrogen and oxygen atoms in total. The monoisotopic (exact) mass is 368 g/mol. The van der Waals surface area contributed by atoms with Crippen molar-refractivity contribution in [3.05, 3.63) is 107 Å². The number of fused-ring (bicyclic) bond motifs is 12.